The molecule has 2 amide bonds. The van der Waals surface area contributed by atoms with Crippen LogP contribution in [0.25, 0.3) is 0 Å². The first-order chi connectivity index (χ1) is 15.2. The number of anilines is 2. The number of carbonyl (C=O) groups excluding carboxylic acids is 2. The van der Waals surface area contributed by atoms with Crippen LogP contribution in [0.2, 0.25) is 0 Å². The second-order valence-electron chi connectivity index (χ2n) is 8.99. The van der Waals surface area contributed by atoms with E-state index >= 15 is 0 Å². The van der Waals surface area contributed by atoms with Crippen LogP contribution in [0.4, 0.5) is 11.4 Å². The van der Waals surface area contributed by atoms with E-state index in [2.05, 4.69) is 15.4 Å². The van der Waals surface area contributed by atoms with Gasteiger partial charge in [0.25, 0.3) is 5.91 Å². The molecule has 2 aliphatic carbocycles. The van der Waals surface area contributed by atoms with Crippen molar-refractivity contribution < 1.29 is 18.0 Å². The molecule has 8 heteroatoms. The fraction of sp³-hybridized carbons (Fsp3) is 0.417. The summed E-state index contributed by atoms with van der Waals surface area (Å²) in [6.07, 6.45) is 4.85. The largest absolute Gasteiger partial charge is 0.326 e. The smallest absolute Gasteiger partial charge is 0.255 e. The van der Waals surface area contributed by atoms with Gasteiger partial charge in [0, 0.05) is 29.9 Å². The zero-order valence-electron chi connectivity index (χ0n) is 18.3. The molecule has 0 radical (unpaired) electrons. The highest BCUT2D eigenvalue weighted by atomic mass is 32.2. The van der Waals surface area contributed by atoms with Gasteiger partial charge in [-0.2, -0.15) is 0 Å². The summed E-state index contributed by atoms with van der Waals surface area (Å²) in [7, 11) is -3.62. The summed E-state index contributed by atoms with van der Waals surface area (Å²) in [5.74, 6) is 1.32. The van der Waals surface area contributed by atoms with E-state index in [-0.39, 0.29) is 22.8 Å². The van der Waals surface area contributed by atoms with Crippen LogP contribution in [0.15, 0.2) is 53.4 Å². The van der Waals surface area contributed by atoms with Gasteiger partial charge >= 0.3 is 0 Å². The third-order valence-electron chi connectivity index (χ3n) is 6.67. The third kappa shape index (κ3) is 5.02. The molecule has 2 saturated carbocycles. The Morgan fingerprint density at radius 1 is 0.906 bits per heavy atom. The standard InChI is InChI=1S/C24H29N3O4S/c1-15(23-14-17-3-4-19(23)13-17)27-32(30,31)22-11-9-21(10-12-22)26-24(29)18-5-7-20(8-6-18)25-16(2)28/h5-12,15,17,19,23,27H,3-4,13-14H2,1-2H3,(H,25,28)(H,26,29). The highest BCUT2D eigenvalue weighted by Gasteiger charge is 2.42. The summed E-state index contributed by atoms with van der Waals surface area (Å²) >= 11 is 0. The molecular formula is C24H29N3O4S. The second-order valence-corrected chi connectivity index (χ2v) is 10.7. The summed E-state index contributed by atoms with van der Waals surface area (Å²) < 4.78 is 28.5. The zero-order chi connectivity index (χ0) is 22.9. The fourth-order valence-electron chi connectivity index (χ4n) is 5.14. The van der Waals surface area contributed by atoms with E-state index < -0.39 is 10.0 Å². The van der Waals surface area contributed by atoms with E-state index in [4.69, 9.17) is 0 Å². The molecule has 2 aliphatic rings. The van der Waals surface area contributed by atoms with Crippen LogP contribution in [0.3, 0.4) is 0 Å². The number of amides is 2. The topological polar surface area (TPSA) is 104 Å². The molecule has 170 valence electrons. The van der Waals surface area contributed by atoms with Gasteiger partial charge in [-0.1, -0.05) is 6.42 Å². The summed E-state index contributed by atoms with van der Waals surface area (Å²) in [4.78, 5) is 23.7. The number of carbonyl (C=O) groups is 2. The normalized spacial score (nSPS) is 23.0. The second kappa shape index (κ2) is 9.03. The van der Waals surface area contributed by atoms with Gasteiger partial charge in [0.15, 0.2) is 0 Å². The first kappa shape index (κ1) is 22.5. The van der Waals surface area contributed by atoms with Crippen molar-refractivity contribution in [2.75, 3.05) is 10.6 Å². The molecule has 4 unspecified atom stereocenters. The van der Waals surface area contributed by atoms with Crippen molar-refractivity contribution in [3.8, 4) is 0 Å². The molecule has 0 spiro atoms. The zero-order valence-corrected chi connectivity index (χ0v) is 19.1. The SMILES string of the molecule is CC(=O)Nc1ccc(C(=O)Nc2ccc(S(=O)(=O)NC(C)C3CC4CCC3C4)cc2)cc1. The molecule has 2 aromatic carbocycles. The molecule has 0 heterocycles. The maximum atomic E-state index is 12.8. The van der Waals surface area contributed by atoms with Crippen molar-refractivity contribution in [3.05, 3.63) is 54.1 Å². The molecule has 2 bridgehead atoms. The molecule has 7 nitrogen and oxygen atoms in total. The predicted molar refractivity (Wildman–Crippen MR) is 124 cm³/mol. The Bertz CT molecular complexity index is 1100. The summed E-state index contributed by atoms with van der Waals surface area (Å²) in [6.45, 7) is 3.38. The fourth-order valence-corrected chi connectivity index (χ4v) is 6.43. The molecule has 0 saturated heterocycles. The number of benzene rings is 2. The summed E-state index contributed by atoms with van der Waals surface area (Å²) in [5, 5.41) is 5.41. The maximum absolute atomic E-state index is 12.8. The van der Waals surface area contributed by atoms with Crippen LogP contribution in [-0.4, -0.2) is 26.3 Å². The number of fused-ring (bicyclic) bond motifs is 2. The molecule has 2 aromatic rings. The average Bonchev–Trinajstić information content (AvgIpc) is 3.38. The van der Waals surface area contributed by atoms with E-state index in [0.717, 1.165) is 12.3 Å². The van der Waals surface area contributed by atoms with Crippen molar-refractivity contribution in [2.24, 2.45) is 17.8 Å². The molecule has 32 heavy (non-hydrogen) atoms. The lowest BCUT2D eigenvalue weighted by Gasteiger charge is -2.28. The van der Waals surface area contributed by atoms with Crippen LogP contribution < -0.4 is 15.4 Å². The van der Waals surface area contributed by atoms with Crippen LogP contribution in [-0.2, 0) is 14.8 Å². The molecule has 0 aliphatic heterocycles. The summed E-state index contributed by atoms with van der Waals surface area (Å²) in [6, 6.07) is 12.6. The predicted octanol–water partition coefficient (Wildman–Crippen LogP) is 4.00. The van der Waals surface area contributed by atoms with E-state index in [1.807, 2.05) is 6.92 Å². The lowest BCUT2D eigenvalue weighted by Crippen LogP contribution is -2.40. The quantitative estimate of drug-likeness (QED) is 0.587. The lowest BCUT2D eigenvalue weighted by atomic mass is 9.84. The minimum absolute atomic E-state index is 0.0878. The monoisotopic (exact) mass is 455 g/mol. The van der Waals surface area contributed by atoms with Gasteiger partial charge in [-0.15, -0.1) is 0 Å². The molecule has 3 N–H and O–H groups in total. The number of hydrogen-bond donors (Lipinski definition) is 3. The molecule has 2 fully saturated rings. The Labute approximate surface area is 189 Å². The molecule has 4 rings (SSSR count). The Balaban J connectivity index is 1.36. The van der Waals surface area contributed by atoms with Crippen LogP contribution >= 0.6 is 0 Å². The minimum Gasteiger partial charge on any atom is -0.326 e. The van der Waals surface area contributed by atoms with Gasteiger partial charge in [-0.3, -0.25) is 9.59 Å². The lowest BCUT2D eigenvalue weighted by molar-refractivity contribution is -0.114. The van der Waals surface area contributed by atoms with E-state index in [0.29, 0.717) is 28.8 Å². The Kier molecular flexibility index (Phi) is 6.35. The van der Waals surface area contributed by atoms with Crippen LogP contribution in [0.5, 0.6) is 0 Å². The first-order valence-corrected chi connectivity index (χ1v) is 12.5. The van der Waals surface area contributed by atoms with Gasteiger partial charge in [0.2, 0.25) is 15.9 Å². The van der Waals surface area contributed by atoms with Gasteiger partial charge < -0.3 is 10.6 Å². The van der Waals surface area contributed by atoms with Gasteiger partial charge in [-0.25, -0.2) is 13.1 Å². The molecule has 4 atom stereocenters. The maximum Gasteiger partial charge on any atom is 0.255 e. The summed E-state index contributed by atoms with van der Waals surface area (Å²) in [5.41, 5.74) is 1.54. The van der Waals surface area contributed by atoms with E-state index in [9.17, 15) is 18.0 Å². The Hall–Kier alpha value is -2.71. The van der Waals surface area contributed by atoms with Crippen molar-refractivity contribution in [3.63, 3.8) is 0 Å². The minimum atomic E-state index is -3.62. The number of rotatable bonds is 7. The Morgan fingerprint density at radius 2 is 1.53 bits per heavy atom. The van der Waals surface area contributed by atoms with Gasteiger partial charge in [-0.05, 0) is 92.5 Å². The van der Waals surface area contributed by atoms with Crippen LogP contribution in [0.1, 0.15) is 49.9 Å². The van der Waals surface area contributed by atoms with Crippen LogP contribution in [0, 0.1) is 17.8 Å². The third-order valence-corrected chi connectivity index (χ3v) is 8.24. The highest BCUT2D eigenvalue weighted by molar-refractivity contribution is 7.89. The molecular weight excluding hydrogens is 426 g/mol. The van der Waals surface area contributed by atoms with Crippen molar-refractivity contribution >= 4 is 33.2 Å². The van der Waals surface area contributed by atoms with Gasteiger partial charge in [0.1, 0.15) is 0 Å². The highest BCUT2D eigenvalue weighted by Crippen LogP contribution is 2.49. The average molecular weight is 456 g/mol. The van der Waals surface area contributed by atoms with E-state index in [1.165, 1.54) is 38.3 Å². The Morgan fingerprint density at radius 3 is 2.09 bits per heavy atom. The number of hydrogen-bond acceptors (Lipinski definition) is 4. The van der Waals surface area contributed by atoms with Crippen molar-refractivity contribution in [1.82, 2.24) is 4.72 Å². The first-order valence-electron chi connectivity index (χ1n) is 11.0. The van der Waals surface area contributed by atoms with Crippen molar-refractivity contribution in [2.45, 2.75) is 50.5 Å². The molecule has 0 aromatic heterocycles. The van der Waals surface area contributed by atoms with E-state index in [1.54, 1.807) is 36.4 Å². The number of sulfonamides is 1. The number of nitrogens with one attached hydrogen (secondary N) is 3. The van der Waals surface area contributed by atoms with Crippen molar-refractivity contribution in [1.29, 1.82) is 0 Å². The van der Waals surface area contributed by atoms with Gasteiger partial charge in [0.05, 0.1) is 4.90 Å².